The van der Waals surface area contributed by atoms with Gasteiger partial charge in [0.25, 0.3) is 0 Å². The second-order valence-electron chi connectivity index (χ2n) is 6.20. The van der Waals surface area contributed by atoms with Gasteiger partial charge in [0.05, 0.1) is 12.6 Å². The lowest BCUT2D eigenvalue weighted by Gasteiger charge is -2.39. The SMILES string of the molecule is CCCOc1ccc(CCC(=O)N2CC(Nc3ncccn3)C2)cc1. The molecule has 2 heterocycles. The second kappa shape index (κ2) is 8.46. The monoisotopic (exact) mass is 340 g/mol. The summed E-state index contributed by atoms with van der Waals surface area (Å²) in [5, 5.41) is 3.23. The average Bonchev–Trinajstić information content (AvgIpc) is 2.62. The number of likely N-dealkylation sites (tertiary alicyclic amines) is 1. The molecular formula is C19H24N4O2. The fourth-order valence-corrected chi connectivity index (χ4v) is 2.71. The molecule has 1 aliphatic heterocycles. The van der Waals surface area contributed by atoms with E-state index in [1.807, 2.05) is 29.2 Å². The van der Waals surface area contributed by atoms with Crippen molar-refractivity contribution < 1.29 is 9.53 Å². The minimum Gasteiger partial charge on any atom is -0.494 e. The predicted molar refractivity (Wildman–Crippen MR) is 96.6 cm³/mol. The van der Waals surface area contributed by atoms with Gasteiger partial charge in [0.15, 0.2) is 0 Å². The second-order valence-corrected chi connectivity index (χ2v) is 6.20. The largest absolute Gasteiger partial charge is 0.494 e. The van der Waals surface area contributed by atoms with Crippen molar-refractivity contribution >= 4 is 11.9 Å². The molecule has 6 nitrogen and oxygen atoms in total. The van der Waals surface area contributed by atoms with E-state index in [2.05, 4.69) is 22.2 Å². The van der Waals surface area contributed by atoms with E-state index in [1.165, 1.54) is 0 Å². The van der Waals surface area contributed by atoms with Crippen molar-refractivity contribution in [2.45, 2.75) is 32.2 Å². The standard InChI is InChI=1S/C19H24N4O2/c1-2-12-25-17-7-4-15(5-8-17)6-9-18(24)23-13-16(14-23)22-19-20-10-3-11-21-19/h3-5,7-8,10-11,16H,2,6,9,12-14H2,1H3,(H,20,21,22). The summed E-state index contributed by atoms with van der Waals surface area (Å²) in [6.07, 6.45) is 5.69. The van der Waals surface area contributed by atoms with Crippen molar-refractivity contribution in [1.82, 2.24) is 14.9 Å². The maximum absolute atomic E-state index is 12.2. The third-order valence-corrected chi connectivity index (χ3v) is 4.16. The predicted octanol–water partition coefficient (Wildman–Crippen LogP) is 2.52. The van der Waals surface area contributed by atoms with E-state index >= 15 is 0 Å². The number of hydrogen-bond acceptors (Lipinski definition) is 5. The van der Waals surface area contributed by atoms with Gasteiger partial charge in [-0.2, -0.15) is 0 Å². The van der Waals surface area contributed by atoms with Crippen molar-refractivity contribution in [3.8, 4) is 5.75 Å². The van der Waals surface area contributed by atoms with E-state index < -0.39 is 0 Å². The van der Waals surface area contributed by atoms with Crippen LogP contribution < -0.4 is 10.1 Å². The van der Waals surface area contributed by atoms with Crippen molar-refractivity contribution in [3.63, 3.8) is 0 Å². The first-order chi connectivity index (χ1) is 12.2. The first kappa shape index (κ1) is 17.2. The van der Waals surface area contributed by atoms with Crippen LogP contribution in [0, 0.1) is 0 Å². The molecular weight excluding hydrogens is 316 g/mol. The first-order valence-electron chi connectivity index (χ1n) is 8.77. The Hall–Kier alpha value is -2.63. The zero-order chi connectivity index (χ0) is 17.5. The summed E-state index contributed by atoms with van der Waals surface area (Å²) in [6.45, 7) is 4.24. The number of rotatable bonds is 8. The third-order valence-electron chi connectivity index (χ3n) is 4.16. The quantitative estimate of drug-likeness (QED) is 0.800. The van der Waals surface area contributed by atoms with Crippen LogP contribution in [0.3, 0.4) is 0 Å². The molecule has 132 valence electrons. The van der Waals surface area contributed by atoms with Crippen molar-refractivity contribution in [2.24, 2.45) is 0 Å². The van der Waals surface area contributed by atoms with Crippen molar-refractivity contribution in [2.75, 3.05) is 25.0 Å². The number of aryl methyl sites for hydroxylation is 1. The molecule has 1 aromatic carbocycles. The Morgan fingerprint density at radius 3 is 2.64 bits per heavy atom. The summed E-state index contributed by atoms with van der Waals surface area (Å²) >= 11 is 0. The van der Waals surface area contributed by atoms with Crippen LogP contribution in [0.1, 0.15) is 25.3 Å². The maximum atomic E-state index is 12.2. The smallest absolute Gasteiger partial charge is 0.223 e. The fourth-order valence-electron chi connectivity index (χ4n) is 2.71. The van der Waals surface area contributed by atoms with Crippen LogP contribution in [-0.4, -0.2) is 46.5 Å². The van der Waals surface area contributed by atoms with Crippen LogP contribution >= 0.6 is 0 Å². The van der Waals surface area contributed by atoms with Gasteiger partial charge in [-0.1, -0.05) is 19.1 Å². The Balaban J connectivity index is 1.37. The molecule has 1 aliphatic rings. The molecule has 0 aliphatic carbocycles. The Kier molecular flexibility index (Phi) is 5.82. The first-order valence-corrected chi connectivity index (χ1v) is 8.77. The minimum atomic E-state index is 0.193. The van der Waals surface area contributed by atoms with E-state index in [1.54, 1.807) is 18.5 Å². The topological polar surface area (TPSA) is 67.3 Å². The molecule has 2 aromatic rings. The Labute approximate surface area is 148 Å². The summed E-state index contributed by atoms with van der Waals surface area (Å²) in [5.74, 6) is 1.69. The van der Waals surface area contributed by atoms with Crippen LogP contribution in [0.2, 0.25) is 0 Å². The summed E-state index contributed by atoms with van der Waals surface area (Å²) in [6, 6.07) is 10.0. The molecule has 0 spiro atoms. The van der Waals surface area contributed by atoms with Gasteiger partial charge in [-0.05, 0) is 36.6 Å². The number of amides is 1. The minimum absolute atomic E-state index is 0.193. The highest BCUT2D eigenvalue weighted by atomic mass is 16.5. The molecule has 25 heavy (non-hydrogen) atoms. The highest BCUT2D eigenvalue weighted by molar-refractivity contribution is 5.77. The van der Waals surface area contributed by atoms with Gasteiger partial charge in [-0.15, -0.1) is 0 Å². The van der Waals surface area contributed by atoms with Gasteiger partial charge in [0.1, 0.15) is 5.75 Å². The molecule has 1 aromatic heterocycles. The summed E-state index contributed by atoms with van der Waals surface area (Å²) in [7, 11) is 0. The summed E-state index contributed by atoms with van der Waals surface area (Å²) in [5.41, 5.74) is 1.16. The lowest BCUT2D eigenvalue weighted by atomic mass is 10.1. The zero-order valence-corrected chi connectivity index (χ0v) is 14.5. The van der Waals surface area contributed by atoms with Gasteiger partial charge < -0.3 is 15.0 Å². The van der Waals surface area contributed by atoms with Crippen molar-refractivity contribution in [3.05, 3.63) is 48.3 Å². The van der Waals surface area contributed by atoms with Crippen LogP contribution in [0.25, 0.3) is 0 Å². The lowest BCUT2D eigenvalue weighted by Crippen LogP contribution is -2.57. The fraction of sp³-hybridized carbons (Fsp3) is 0.421. The number of anilines is 1. The Bertz CT molecular complexity index is 670. The normalized spacial score (nSPS) is 14.0. The van der Waals surface area contributed by atoms with E-state index in [0.717, 1.165) is 30.8 Å². The van der Waals surface area contributed by atoms with Crippen LogP contribution in [0.15, 0.2) is 42.7 Å². The van der Waals surface area contributed by atoms with Gasteiger partial charge in [0.2, 0.25) is 11.9 Å². The van der Waals surface area contributed by atoms with E-state index in [-0.39, 0.29) is 11.9 Å². The zero-order valence-electron chi connectivity index (χ0n) is 14.5. The van der Waals surface area contributed by atoms with Crippen LogP contribution in [-0.2, 0) is 11.2 Å². The lowest BCUT2D eigenvalue weighted by molar-refractivity contribution is -0.135. The highest BCUT2D eigenvalue weighted by Gasteiger charge is 2.30. The molecule has 0 atom stereocenters. The van der Waals surface area contributed by atoms with Crippen LogP contribution in [0.4, 0.5) is 5.95 Å². The molecule has 0 bridgehead atoms. The van der Waals surface area contributed by atoms with Crippen LogP contribution in [0.5, 0.6) is 5.75 Å². The number of nitrogens with one attached hydrogen (secondary N) is 1. The van der Waals surface area contributed by atoms with Gasteiger partial charge in [-0.3, -0.25) is 4.79 Å². The van der Waals surface area contributed by atoms with Crippen molar-refractivity contribution in [1.29, 1.82) is 0 Å². The van der Waals surface area contributed by atoms with E-state index in [0.29, 0.717) is 25.5 Å². The molecule has 1 saturated heterocycles. The molecule has 0 unspecified atom stereocenters. The number of nitrogens with zero attached hydrogens (tertiary/aromatic N) is 3. The maximum Gasteiger partial charge on any atom is 0.223 e. The van der Waals surface area contributed by atoms with E-state index in [9.17, 15) is 4.79 Å². The third kappa shape index (κ3) is 4.92. The molecule has 6 heteroatoms. The Morgan fingerprint density at radius 2 is 1.96 bits per heavy atom. The van der Waals surface area contributed by atoms with E-state index in [4.69, 9.17) is 4.74 Å². The van der Waals surface area contributed by atoms with Gasteiger partial charge in [0, 0.05) is 31.9 Å². The summed E-state index contributed by atoms with van der Waals surface area (Å²) in [4.78, 5) is 22.4. The molecule has 1 N–H and O–H groups in total. The molecule has 1 fully saturated rings. The van der Waals surface area contributed by atoms with Gasteiger partial charge in [-0.25, -0.2) is 9.97 Å². The molecule has 1 amide bonds. The molecule has 0 radical (unpaired) electrons. The Morgan fingerprint density at radius 1 is 1.24 bits per heavy atom. The number of carbonyl (C=O) groups excluding carboxylic acids is 1. The number of aromatic nitrogens is 2. The highest BCUT2D eigenvalue weighted by Crippen LogP contribution is 2.16. The molecule has 0 saturated carbocycles. The number of ether oxygens (including phenoxy) is 1. The molecule has 3 rings (SSSR count). The number of hydrogen-bond donors (Lipinski definition) is 1. The number of carbonyl (C=O) groups is 1. The average molecular weight is 340 g/mol. The summed E-state index contributed by atoms with van der Waals surface area (Å²) < 4.78 is 5.57. The number of benzene rings is 1. The van der Waals surface area contributed by atoms with Gasteiger partial charge >= 0.3 is 0 Å².